The van der Waals surface area contributed by atoms with Crippen molar-refractivity contribution in [2.75, 3.05) is 11.9 Å². The second kappa shape index (κ2) is 5.85. The molecule has 0 aromatic heterocycles. The zero-order chi connectivity index (χ0) is 13.0. The van der Waals surface area contributed by atoms with Crippen LogP contribution in [0.15, 0.2) is 24.3 Å². The van der Waals surface area contributed by atoms with Gasteiger partial charge < -0.3 is 10.4 Å². The van der Waals surface area contributed by atoms with Crippen LogP contribution in [0.2, 0.25) is 0 Å². The molecule has 0 atom stereocenters. The maximum atomic E-state index is 13.4. The molecule has 0 saturated heterocycles. The molecule has 1 aliphatic carbocycles. The highest BCUT2D eigenvalue weighted by Crippen LogP contribution is 2.29. The van der Waals surface area contributed by atoms with E-state index in [2.05, 4.69) is 5.32 Å². The third kappa shape index (κ3) is 3.22. The lowest BCUT2D eigenvalue weighted by Crippen LogP contribution is -2.25. The van der Waals surface area contributed by atoms with Crippen molar-refractivity contribution in [3.05, 3.63) is 30.1 Å². The van der Waals surface area contributed by atoms with E-state index in [0.29, 0.717) is 18.2 Å². The molecule has 0 unspecified atom stereocenters. The predicted octanol–water partition coefficient (Wildman–Crippen LogP) is 3.13. The van der Waals surface area contributed by atoms with Crippen LogP contribution < -0.4 is 5.32 Å². The van der Waals surface area contributed by atoms with E-state index in [1.54, 1.807) is 18.2 Å². The van der Waals surface area contributed by atoms with Gasteiger partial charge >= 0.3 is 5.97 Å². The van der Waals surface area contributed by atoms with Crippen molar-refractivity contribution in [2.24, 2.45) is 11.8 Å². The number of hydrogen-bond acceptors (Lipinski definition) is 2. The first kappa shape index (κ1) is 12.9. The average molecular weight is 251 g/mol. The summed E-state index contributed by atoms with van der Waals surface area (Å²) in [7, 11) is 0. The van der Waals surface area contributed by atoms with E-state index < -0.39 is 5.97 Å². The van der Waals surface area contributed by atoms with Gasteiger partial charge in [-0.05, 0) is 43.7 Å². The first-order valence-electron chi connectivity index (χ1n) is 6.38. The van der Waals surface area contributed by atoms with Crippen LogP contribution in [-0.2, 0) is 4.79 Å². The molecule has 4 heteroatoms. The number of anilines is 1. The number of nitrogens with one attached hydrogen (secondary N) is 1. The summed E-state index contributed by atoms with van der Waals surface area (Å²) in [5.41, 5.74) is 0.526. The van der Waals surface area contributed by atoms with E-state index in [4.69, 9.17) is 5.11 Å². The molecule has 0 aliphatic heterocycles. The summed E-state index contributed by atoms with van der Waals surface area (Å²) in [6.07, 6.45) is 3.27. The number of halogens is 1. The molecule has 0 spiro atoms. The normalized spacial score (nSPS) is 23.6. The molecule has 1 aromatic carbocycles. The second-order valence-electron chi connectivity index (χ2n) is 4.92. The molecule has 1 aromatic rings. The number of carboxylic acids is 1. The highest BCUT2D eigenvalue weighted by molar-refractivity contribution is 5.70. The largest absolute Gasteiger partial charge is 0.481 e. The van der Waals surface area contributed by atoms with Crippen molar-refractivity contribution in [1.29, 1.82) is 0 Å². The number of rotatable bonds is 4. The number of carbonyl (C=O) groups is 1. The van der Waals surface area contributed by atoms with Gasteiger partial charge in [0.25, 0.3) is 0 Å². The Hall–Kier alpha value is -1.58. The standard InChI is InChI=1S/C14H18FNO2/c15-12-3-1-2-4-13(12)16-9-10-5-7-11(8-6-10)14(17)18/h1-4,10-11,16H,5-9H2,(H,17,18). The van der Waals surface area contributed by atoms with Crippen LogP contribution in [0.3, 0.4) is 0 Å². The quantitative estimate of drug-likeness (QED) is 0.864. The smallest absolute Gasteiger partial charge is 0.306 e. The molecule has 0 amide bonds. The average Bonchev–Trinajstić information content (AvgIpc) is 2.38. The SMILES string of the molecule is O=C(O)C1CCC(CNc2ccccc2F)CC1. The Balaban J connectivity index is 1.79. The Bertz CT molecular complexity index is 414. The summed E-state index contributed by atoms with van der Waals surface area (Å²) >= 11 is 0. The number of para-hydroxylation sites is 1. The number of benzene rings is 1. The van der Waals surface area contributed by atoms with Gasteiger partial charge in [-0.25, -0.2) is 4.39 Å². The Morgan fingerprint density at radius 2 is 1.94 bits per heavy atom. The summed E-state index contributed by atoms with van der Waals surface area (Å²) in [6.45, 7) is 0.716. The third-order valence-corrected chi connectivity index (χ3v) is 3.65. The maximum Gasteiger partial charge on any atom is 0.306 e. The minimum Gasteiger partial charge on any atom is -0.481 e. The molecule has 0 bridgehead atoms. The van der Waals surface area contributed by atoms with Gasteiger partial charge in [0.2, 0.25) is 0 Å². The number of aliphatic carboxylic acids is 1. The summed E-state index contributed by atoms with van der Waals surface area (Å²) in [6, 6.07) is 6.62. The lowest BCUT2D eigenvalue weighted by molar-refractivity contribution is -0.143. The van der Waals surface area contributed by atoms with E-state index in [9.17, 15) is 9.18 Å². The van der Waals surface area contributed by atoms with Crippen molar-refractivity contribution in [1.82, 2.24) is 0 Å². The summed E-state index contributed by atoms with van der Waals surface area (Å²) in [4.78, 5) is 10.8. The van der Waals surface area contributed by atoms with Gasteiger partial charge in [-0.1, -0.05) is 12.1 Å². The van der Waals surface area contributed by atoms with Gasteiger partial charge in [-0.15, -0.1) is 0 Å². The van der Waals surface area contributed by atoms with E-state index >= 15 is 0 Å². The third-order valence-electron chi connectivity index (χ3n) is 3.65. The van der Waals surface area contributed by atoms with Gasteiger partial charge in [0.1, 0.15) is 5.82 Å². The monoisotopic (exact) mass is 251 g/mol. The molecule has 1 saturated carbocycles. The highest BCUT2D eigenvalue weighted by Gasteiger charge is 2.25. The molecule has 3 nitrogen and oxygen atoms in total. The first-order chi connectivity index (χ1) is 8.66. The van der Waals surface area contributed by atoms with Crippen molar-refractivity contribution in [2.45, 2.75) is 25.7 Å². The first-order valence-corrected chi connectivity index (χ1v) is 6.38. The van der Waals surface area contributed by atoms with Crippen LogP contribution in [0.4, 0.5) is 10.1 Å². The van der Waals surface area contributed by atoms with Gasteiger partial charge in [-0.3, -0.25) is 4.79 Å². The fourth-order valence-corrected chi connectivity index (χ4v) is 2.47. The molecular formula is C14H18FNO2. The predicted molar refractivity (Wildman–Crippen MR) is 68.0 cm³/mol. The van der Waals surface area contributed by atoms with Crippen LogP contribution in [0, 0.1) is 17.7 Å². The second-order valence-corrected chi connectivity index (χ2v) is 4.92. The number of carboxylic acid groups (broad SMARTS) is 1. The molecule has 18 heavy (non-hydrogen) atoms. The lowest BCUT2D eigenvalue weighted by atomic mass is 9.82. The number of hydrogen-bond donors (Lipinski definition) is 2. The molecule has 2 N–H and O–H groups in total. The maximum absolute atomic E-state index is 13.4. The topological polar surface area (TPSA) is 49.3 Å². The van der Waals surface area contributed by atoms with Crippen LogP contribution in [-0.4, -0.2) is 17.6 Å². The van der Waals surface area contributed by atoms with Crippen molar-refractivity contribution < 1.29 is 14.3 Å². The molecule has 2 rings (SSSR count). The van der Waals surface area contributed by atoms with E-state index in [0.717, 1.165) is 25.7 Å². The zero-order valence-corrected chi connectivity index (χ0v) is 10.2. The fraction of sp³-hybridized carbons (Fsp3) is 0.500. The van der Waals surface area contributed by atoms with Crippen LogP contribution in [0.25, 0.3) is 0 Å². The summed E-state index contributed by atoms with van der Waals surface area (Å²) in [5.74, 6) is -0.665. The van der Waals surface area contributed by atoms with Gasteiger partial charge in [0.15, 0.2) is 0 Å². The summed E-state index contributed by atoms with van der Waals surface area (Å²) in [5, 5.41) is 12.0. The Kier molecular flexibility index (Phi) is 4.18. The molecule has 1 aliphatic rings. The minimum atomic E-state index is -0.685. The fourth-order valence-electron chi connectivity index (χ4n) is 2.47. The Morgan fingerprint density at radius 3 is 2.56 bits per heavy atom. The molecule has 98 valence electrons. The highest BCUT2D eigenvalue weighted by atomic mass is 19.1. The van der Waals surface area contributed by atoms with Crippen molar-refractivity contribution >= 4 is 11.7 Å². The van der Waals surface area contributed by atoms with Gasteiger partial charge in [0.05, 0.1) is 11.6 Å². The van der Waals surface area contributed by atoms with E-state index in [-0.39, 0.29) is 11.7 Å². The molecule has 1 fully saturated rings. The minimum absolute atomic E-state index is 0.185. The van der Waals surface area contributed by atoms with E-state index in [1.165, 1.54) is 6.07 Å². The lowest BCUT2D eigenvalue weighted by Gasteiger charge is -2.26. The van der Waals surface area contributed by atoms with Crippen molar-refractivity contribution in [3.63, 3.8) is 0 Å². The van der Waals surface area contributed by atoms with Crippen LogP contribution in [0.5, 0.6) is 0 Å². The Labute approximate surface area is 106 Å². The summed E-state index contributed by atoms with van der Waals surface area (Å²) < 4.78 is 13.4. The van der Waals surface area contributed by atoms with Crippen LogP contribution >= 0.6 is 0 Å². The van der Waals surface area contributed by atoms with E-state index in [1.807, 2.05) is 0 Å². The van der Waals surface area contributed by atoms with Gasteiger partial charge in [0, 0.05) is 6.54 Å². The van der Waals surface area contributed by atoms with Crippen molar-refractivity contribution in [3.8, 4) is 0 Å². The molecular weight excluding hydrogens is 233 g/mol. The zero-order valence-electron chi connectivity index (χ0n) is 10.2. The molecule has 0 heterocycles. The van der Waals surface area contributed by atoms with Crippen LogP contribution in [0.1, 0.15) is 25.7 Å². The Morgan fingerprint density at radius 1 is 1.28 bits per heavy atom. The molecule has 0 radical (unpaired) electrons. The van der Waals surface area contributed by atoms with Gasteiger partial charge in [-0.2, -0.15) is 0 Å².